The number of rotatable bonds is 5. The molecule has 2 aromatic carbocycles. The van der Waals surface area contributed by atoms with Gasteiger partial charge in [0.2, 0.25) is 5.95 Å². The Bertz CT molecular complexity index is 1540. The van der Waals surface area contributed by atoms with Gasteiger partial charge in [-0.05, 0) is 49.7 Å². The van der Waals surface area contributed by atoms with Crippen LogP contribution in [0.15, 0.2) is 59.8 Å². The molecule has 9 nitrogen and oxygen atoms in total. The van der Waals surface area contributed by atoms with Gasteiger partial charge in [0.05, 0.1) is 29.4 Å². The number of amides is 1. The standard InChI is InChI=1S/C25H18F6N6O3/c1-3-40-20(38)18-13(2)36(17-6-4-5-16(11-17)24(26,27)28)23-34-22(33-21(39)25(29,30)31)35-37(23)19(18)15-9-7-14(12-32)8-10-15/h4-11,19H,3H2,1-2H3,(H,33,35,39). The number of nitrogens with zero attached hydrogens (tertiary/aromatic N) is 5. The van der Waals surface area contributed by atoms with E-state index in [2.05, 4.69) is 10.1 Å². The van der Waals surface area contributed by atoms with E-state index in [-0.39, 0.29) is 35.1 Å². The minimum atomic E-state index is -5.29. The Morgan fingerprint density at radius 1 is 1.10 bits per heavy atom. The third-order valence-electron chi connectivity index (χ3n) is 5.82. The van der Waals surface area contributed by atoms with E-state index in [1.807, 2.05) is 6.07 Å². The first kappa shape index (κ1) is 28.1. The molecule has 3 aromatic rings. The van der Waals surface area contributed by atoms with E-state index in [9.17, 15) is 35.9 Å². The fraction of sp³-hybridized carbons (Fsp3) is 0.240. The molecular formula is C25H18F6N6O3. The number of nitriles is 1. The number of alkyl halides is 6. The van der Waals surface area contributed by atoms with E-state index >= 15 is 0 Å². The average molecular weight is 564 g/mol. The number of halogens is 6. The van der Waals surface area contributed by atoms with Crippen LogP contribution in [0.2, 0.25) is 0 Å². The maximum Gasteiger partial charge on any atom is 0.471 e. The van der Waals surface area contributed by atoms with Crippen LogP contribution in [0.4, 0.5) is 43.9 Å². The van der Waals surface area contributed by atoms with Crippen LogP contribution in [0.5, 0.6) is 0 Å². The van der Waals surface area contributed by atoms with E-state index in [0.717, 1.165) is 27.8 Å². The van der Waals surface area contributed by atoms with Gasteiger partial charge in [-0.15, -0.1) is 5.10 Å². The summed E-state index contributed by atoms with van der Waals surface area (Å²) >= 11 is 0. The number of hydrogen-bond acceptors (Lipinski definition) is 7. The van der Waals surface area contributed by atoms with Gasteiger partial charge in [-0.1, -0.05) is 18.2 Å². The van der Waals surface area contributed by atoms with Crippen molar-refractivity contribution in [1.82, 2.24) is 14.8 Å². The van der Waals surface area contributed by atoms with E-state index in [4.69, 9.17) is 10.00 Å². The predicted molar refractivity (Wildman–Crippen MR) is 127 cm³/mol. The number of benzene rings is 2. The number of anilines is 3. The van der Waals surface area contributed by atoms with E-state index in [1.165, 1.54) is 49.5 Å². The number of esters is 1. The summed E-state index contributed by atoms with van der Waals surface area (Å²) in [6.45, 7) is 2.86. The van der Waals surface area contributed by atoms with Gasteiger partial charge >= 0.3 is 24.2 Å². The molecule has 2 heterocycles. The van der Waals surface area contributed by atoms with E-state index in [1.54, 1.807) is 0 Å². The lowest BCUT2D eigenvalue weighted by Crippen LogP contribution is -2.34. The van der Waals surface area contributed by atoms with Crippen molar-refractivity contribution in [2.24, 2.45) is 0 Å². The molecule has 1 amide bonds. The molecular weight excluding hydrogens is 546 g/mol. The fourth-order valence-electron chi connectivity index (χ4n) is 4.10. The third-order valence-corrected chi connectivity index (χ3v) is 5.82. The first-order valence-corrected chi connectivity index (χ1v) is 11.5. The molecule has 1 unspecified atom stereocenters. The van der Waals surface area contributed by atoms with Gasteiger partial charge in [-0.3, -0.25) is 15.0 Å². The quantitative estimate of drug-likeness (QED) is 0.333. The number of hydrogen-bond donors (Lipinski definition) is 1. The Balaban J connectivity index is 1.99. The molecule has 1 N–H and O–H groups in total. The van der Waals surface area contributed by atoms with Gasteiger partial charge in [-0.2, -0.15) is 36.6 Å². The monoisotopic (exact) mass is 564 g/mol. The van der Waals surface area contributed by atoms with Gasteiger partial charge in [0.25, 0.3) is 5.95 Å². The van der Waals surface area contributed by atoms with Crippen LogP contribution in [0.25, 0.3) is 0 Å². The Morgan fingerprint density at radius 3 is 2.35 bits per heavy atom. The molecule has 0 aliphatic carbocycles. The maximum absolute atomic E-state index is 13.5. The van der Waals surface area contributed by atoms with Gasteiger partial charge < -0.3 is 4.74 Å². The minimum absolute atomic E-state index is 0.0423. The smallest absolute Gasteiger partial charge is 0.463 e. The van der Waals surface area contributed by atoms with Crippen LogP contribution in [0.1, 0.15) is 36.6 Å². The molecule has 1 atom stereocenters. The molecule has 4 rings (SSSR count). The molecule has 0 saturated carbocycles. The van der Waals surface area contributed by atoms with Crippen molar-refractivity contribution in [3.63, 3.8) is 0 Å². The van der Waals surface area contributed by atoms with Crippen LogP contribution < -0.4 is 10.2 Å². The highest BCUT2D eigenvalue weighted by Gasteiger charge is 2.43. The number of carbonyl (C=O) groups excluding carboxylic acids is 2. The highest BCUT2D eigenvalue weighted by molar-refractivity contribution is 5.95. The largest absolute Gasteiger partial charge is 0.471 e. The maximum atomic E-state index is 13.5. The van der Waals surface area contributed by atoms with Crippen LogP contribution in [0, 0.1) is 11.3 Å². The molecule has 208 valence electrons. The van der Waals surface area contributed by atoms with Crippen molar-refractivity contribution in [3.05, 3.63) is 76.5 Å². The first-order chi connectivity index (χ1) is 18.8. The van der Waals surface area contributed by atoms with Gasteiger partial charge in [-0.25, -0.2) is 9.48 Å². The lowest BCUT2D eigenvalue weighted by Gasteiger charge is -2.35. The van der Waals surface area contributed by atoms with Crippen LogP contribution in [0.3, 0.4) is 0 Å². The molecule has 1 aromatic heterocycles. The summed E-state index contributed by atoms with van der Waals surface area (Å²) in [7, 11) is 0. The first-order valence-electron chi connectivity index (χ1n) is 11.5. The summed E-state index contributed by atoms with van der Waals surface area (Å²) in [5.74, 6) is -4.37. The van der Waals surface area contributed by atoms with Gasteiger partial charge in [0.1, 0.15) is 6.04 Å². The molecule has 1 aliphatic rings. The molecule has 0 saturated heterocycles. The zero-order chi connectivity index (χ0) is 29.4. The topological polar surface area (TPSA) is 113 Å². The molecule has 0 radical (unpaired) electrons. The van der Waals surface area contributed by atoms with E-state index < -0.39 is 41.8 Å². The second-order valence-electron chi connectivity index (χ2n) is 8.37. The van der Waals surface area contributed by atoms with Gasteiger partial charge in [0.15, 0.2) is 0 Å². The Labute approximate surface area is 222 Å². The number of allylic oxidation sites excluding steroid dienone is 1. The summed E-state index contributed by atoms with van der Waals surface area (Å²) in [6.07, 6.45) is -10.0. The summed E-state index contributed by atoms with van der Waals surface area (Å²) in [5, 5.41) is 14.7. The summed E-state index contributed by atoms with van der Waals surface area (Å²) in [6, 6.07) is 10.5. The lowest BCUT2D eigenvalue weighted by molar-refractivity contribution is -0.167. The molecule has 0 spiro atoms. The second kappa shape index (κ2) is 10.4. The second-order valence-corrected chi connectivity index (χ2v) is 8.37. The molecule has 1 aliphatic heterocycles. The minimum Gasteiger partial charge on any atom is -0.463 e. The van der Waals surface area contributed by atoms with Crippen molar-refractivity contribution in [2.45, 2.75) is 32.2 Å². The summed E-state index contributed by atoms with van der Waals surface area (Å²) in [4.78, 5) is 29.9. The SMILES string of the molecule is CCOC(=O)C1=C(C)N(c2cccc(C(F)(F)F)c2)c2nc(NC(=O)C(F)(F)F)nn2C1c1ccc(C#N)cc1. The lowest BCUT2D eigenvalue weighted by atomic mass is 9.94. The number of carbonyl (C=O) groups is 2. The van der Waals surface area contributed by atoms with E-state index in [0.29, 0.717) is 5.56 Å². The van der Waals surface area contributed by atoms with Crippen molar-refractivity contribution < 1.29 is 40.7 Å². The number of fused-ring (bicyclic) bond motifs is 1. The van der Waals surface area contributed by atoms with Crippen LogP contribution in [-0.4, -0.2) is 39.4 Å². The van der Waals surface area contributed by atoms with Crippen molar-refractivity contribution >= 4 is 29.5 Å². The molecule has 0 bridgehead atoms. The fourth-order valence-corrected chi connectivity index (χ4v) is 4.10. The Kier molecular flexibility index (Phi) is 7.29. The molecule has 15 heteroatoms. The normalized spacial score (nSPS) is 15.4. The third kappa shape index (κ3) is 5.33. The van der Waals surface area contributed by atoms with Crippen LogP contribution in [-0.2, 0) is 20.5 Å². The number of aromatic nitrogens is 3. The zero-order valence-corrected chi connectivity index (χ0v) is 20.6. The molecule has 0 fully saturated rings. The molecule has 40 heavy (non-hydrogen) atoms. The van der Waals surface area contributed by atoms with Crippen LogP contribution >= 0.6 is 0 Å². The highest BCUT2D eigenvalue weighted by atomic mass is 19.4. The van der Waals surface area contributed by atoms with Crippen molar-refractivity contribution in [3.8, 4) is 6.07 Å². The Morgan fingerprint density at radius 2 is 1.77 bits per heavy atom. The summed E-state index contributed by atoms with van der Waals surface area (Å²) in [5.41, 5.74) is -0.669. The zero-order valence-electron chi connectivity index (χ0n) is 20.6. The van der Waals surface area contributed by atoms with Gasteiger partial charge in [0, 0.05) is 11.4 Å². The predicted octanol–water partition coefficient (Wildman–Crippen LogP) is 5.25. The summed E-state index contributed by atoms with van der Waals surface area (Å²) < 4.78 is 85.6. The average Bonchev–Trinajstić information content (AvgIpc) is 3.29. The van der Waals surface area contributed by atoms with Crippen molar-refractivity contribution in [2.75, 3.05) is 16.8 Å². The Hall–Kier alpha value is -4.87. The highest BCUT2D eigenvalue weighted by Crippen LogP contribution is 2.44. The number of nitrogens with one attached hydrogen (secondary N) is 1. The van der Waals surface area contributed by atoms with Crippen molar-refractivity contribution in [1.29, 1.82) is 5.26 Å². The number of ether oxygens (including phenoxy) is 1.